The third-order valence-electron chi connectivity index (χ3n) is 2.38. The molecule has 0 unspecified atom stereocenters. The van der Waals surface area contributed by atoms with Crippen LogP contribution in [0.4, 0.5) is 5.00 Å². The minimum absolute atomic E-state index is 0.719. The highest BCUT2D eigenvalue weighted by Crippen LogP contribution is 2.19. The van der Waals surface area contributed by atoms with E-state index in [-0.39, 0.29) is 0 Å². The normalized spacial score (nSPS) is 10.7. The molecule has 0 saturated carbocycles. The maximum absolute atomic E-state index is 5.94. The molecule has 3 N–H and O–H groups in total. The van der Waals surface area contributed by atoms with Crippen molar-refractivity contribution in [2.75, 3.05) is 11.6 Å². The zero-order valence-corrected chi connectivity index (χ0v) is 10.4. The van der Waals surface area contributed by atoms with Crippen molar-refractivity contribution >= 4 is 16.5 Å². The van der Waals surface area contributed by atoms with E-state index in [0.29, 0.717) is 0 Å². The highest BCUT2D eigenvalue weighted by molar-refractivity contribution is 7.10. The van der Waals surface area contributed by atoms with Gasteiger partial charge in [-0.25, -0.2) is 5.84 Å². The molecule has 0 radical (unpaired) electrons. The van der Waals surface area contributed by atoms with Crippen LogP contribution in [0.25, 0.3) is 0 Å². The maximum atomic E-state index is 5.94. The molecule has 2 rings (SSSR count). The molecule has 0 aromatic carbocycles. The molecule has 0 fully saturated rings. The molecule has 0 amide bonds. The molecule has 0 spiro atoms. The first-order valence-corrected chi connectivity index (χ1v) is 6.27. The summed E-state index contributed by atoms with van der Waals surface area (Å²) in [7, 11) is 0. The predicted octanol–water partition coefficient (Wildman–Crippen LogP) is 0.531. The second kappa shape index (κ2) is 5.69. The van der Waals surface area contributed by atoms with Crippen LogP contribution in [-0.2, 0) is 12.8 Å². The number of hydrogen-bond donors (Lipinski definition) is 2. The maximum Gasteiger partial charge on any atom is 0.174 e. The van der Waals surface area contributed by atoms with Crippen molar-refractivity contribution in [3.63, 3.8) is 0 Å². The average Bonchev–Trinajstić information content (AvgIpc) is 2.99. The molecular weight excluding hydrogens is 238 g/mol. The Morgan fingerprint density at radius 1 is 1.53 bits per heavy atom. The van der Waals surface area contributed by atoms with Gasteiger partial charge >= 0.3 is 0 Å². The Balaban J connectivity index is 1.78. The summed E-state index contributed by atoms with van der Waals surface area (Å²) < 4.78 is 4.29. The molecule has 0 bridgehead atoms. The van der Waals surface area contributed by atoms with Crippen LogP contribution in [0, 0.1) is 0 Å². The van der Waals surface area contributed by atoms with Gasteiger partial charge in [-0.3, -0.25) is 0 Å². The lowest BCUT2D eigenvalue weighted by Gasteiger charge is -2.14. The average molecular weight is 253 g/mol. The van der Waals surface area contributed by atoms with E-state index in [4.69, 9.17) is 5.84 Å². The fraction of sp³-hybridized carbons (Fsp3) is 0.556. The van der Waals surface area contributed by atoms with E-state index in [0.717, 1.165) is 42.3 Å². The van der Waals surface area contributed by atoms with E-state index in [2.05, 4.69) is 31.9 Å². The van der Waals surface area contributed by atoms with Crippen LogP contribution in [-0.4, -0.2) is 31.5 Å². The summed E-state index contributed by atoms with van der Waals surface area (Å²) >= 11 is 1.43. The molecule has 2 aromatic rings. The standard InChI is InChI=1S/C9H15N7S/c1-2-7-6-9(17-13-7)16(10)5-3-4-8-11-14-15-12-8/h6H,2-5,10H2,1H3,(H,11,12,14,15). The Hall–Kier alpha value is -1.54. The van der Waals surface area contributed by atoms with Crippen molar-refractivity contribution in [3.8, 4) is 0 Å². The number of tetrazole rings is 1. The van der Waals surface area contributed by atoms with Gasteiger partial charge in [0.25, 0.3) is 0 Å². The van der Waals surface area contributed by atoms with Gasteiger partial charge in [0.15, 0.2) is 5.82 Å². The lowest BCUT2D eigenvalue weighted by molar-refractivity contribution is 0.732. The number of anilines is 1. The largest absolute Gasteiger partial charge is 0.301 e. The van der Waals surface area contributed by atoms with Crippen LogP contribution in [0.1, 0.15) is 24.9 Å². The van der Waals surface area contributed by atoms with Gasteiger partial charge in [-0.05, 0) is 30.4 Å². The summed E-state index contributed by atoms with van der Waals surface area (Å²) in [5, 5.41) is 16.4. The molecule has 0 aliphatic rings. The summed E-state index contributed by atoms with van der Waals surface area (Å²) in [6.07, 6.45) is 2.59. The highest BCUT2D eigenvalue weighted by Gasteiger charge is 2.07. The highest BCUT2D eigenvalue weighted by atomic mass is 32.1. The second-order valence-electron chi connectivity index (χ2n) is 3.64. The molecule has 2 aromatic heterocycles. The number of H-pyrrole nitrogens is 1. The van der Waals surface area contributed by atoms with E-state index in [9.17, 15) is 0 Å². The van der Waals surface area contributed by atoms with Gasteiger partial charge in [-0.15, -0.1) is 10.2 Å². The second-order valence-corrected chi connectivity index (χ2v) is 4.42. The smallest absolute Gasteiger partial charge is 0.174 e. The molecule has 17 heavy (non-hydrogen) atoms. The number of aromatic nitrogens is 5. The summed E-state index contributed by atoms with van der Waals surface area (Å²) in [5.41, 5.74) is 1.08. The van der Waals surface area contributed by atoms with Crippen LogP contribution >= 0.6 is 11.5 Å². The van der Waals surface area contributed by atoms with Gasteiger partial charge in [-0.1, -0.05) is 12.1 Å². The van der Waals surface area contributed by atoms with Crippen LogP contribution < -0.4 is 10.9 Å². The number of hydrazine groups is 1. The van der Waals surface area contributed by atoms with Crippen molar-refractivity contribution in [1.82, 2.24) is 25.0 Å². The fourth-order valence-corrected chi connectivity index (χ4v) is 2.19. The van der Waals surface area contributed by atoms with E-state index in [1.165, 1.54) is 11.5 Å². The van der Waals surface area contributed by atoms with Gasteiger partial charge < -0.3 is 5.01 Å². The zero-order valence-electron chi connectivity index (χ0n) is 9.63. The van der Waals surface area contributed by atoms with E-state index in [1.807, 2.05) is 6.07 Å². The van der Waals surface area contributed by atoms with Crippen molar-refractivity contribution in [2.45, 2.75) is 26.2 Å². The molecule has 8 heteroatoms. The van der Waals surface area contributed by atoms with Crippen molar-refractivity contribution in [2.24, 2.45) is 5.84 Å². The van der Waals surface area contributed by atoms with Crippen LogP contribution in [0.2, 0.25) is 0 Å². The molecule has 0 aliphatic heterocycles. The van der Waals surface area contributed by atoms with Crippen LogP contribution in [0.15, 0.2) is 6.07 Å². The number of nitrogens with zero attached hydrogens (tertiary/aromatic N) is 5. The Labute approximate surface area is 103 Å². The van der Waals surface area contributed by atoms with E-state index >= 15 is 0 Å². The first-order valence-electron chi connectivity index (χ1n) is 5.49. The minimum atomic E-state index is 0.719. The van der Waals surface area contributed by atoms with Gasteiger partial charge in [0, 0.05) is 13.0 Å². The number of nitrogens with one attached hydrogen (secondary N) is 1. The van der Waals surface area contributed by atoms with E-state index < -0.39 is 0 Å². The minimum Gasteiger partial charge on any atom is -0.301 e. The first-order chi connectivity index (χ1) is 8.29. The quantitative estimate of drug-likeness (QED) is 0.576. The monoisotopic (exact) mass is 253 g/mol. The molecule has 2 heterocycles. The molecule has 0 saturated heterocycles. The number of rotatable bonds is 6. The Kier molecular flexibility index (Phi) is 3.99. The predicted molar refractivity (Wildman–Crippen MR) is 65.5 cm³/mol. The lowest BCUT2D eigenvalue weighted by atomic mass is 10.3. The zero-order chi connectivity index (χ0) is 12.1. The summed E-state index contributed by atoms with van der Waals surface area (Å²) in [4.78, 5) is 0. The first kappa shape index (κ1) is 11.9. The molecular formula is C9H15N7S. The topological polar surface area (TPSA) is 96.6 Å². The third-order valence-corrected chi connectivity index (χ3v) is 3.25. The molecule has 0 atom stereocenters. The van der Waals surface area contributed by atoms with Crippen molar-refractivity contribution in [3.05, 3.63) is 17.6 Å². The van der Waals surface area contributed by atoms with Crippen LogP contribution in [0.3, 0.4) is 0 Å². The van der Waals surface area contributed by atoms with Gasteiger partial charge in [-0.2, -0.15) is 9.59 Å². The lowest BCUT2D eigenvalue weighted by Crippen LogP contribution is -2.31. The molecule has 92 valence electrons. The summed E-state index contributed by atoms with van der Waals surface area (Å²) in [5.74, 6) is 6.66. The Bertz CT molecular complexity index is 438. The fourth-order valence-electron chi connectivity index (χ4n) is 1.41. The number of aromatic amines is 1. The van der Waals surface area contributed by atoms with Gasteiger partial charge in [0.1, 0.15) is 5.00 Å². The van der Waals surface area contributed by atoms with Crippen molar-refractivity contribution in [1.29, 1.82) is 0 Å². The van der Waals surface area contributed by atoms with Gasteiger partial charge in [0.05, 0.1) is 5.69 Å². The summed E-state index contributed by atoms with van der Waals surface area (Å²) in [6.45, 7) is 2.83. The molecule has 0 aliphatic carbocycles. The summed E-state index contributed by atoms with van der Waals surface area (Å²) in [6, 6.07) is 2.03. The van der Waals surface area contributed by atoms with Crippen molar-refractivity contribution < 1.29 is 0 Å². The number of aryl methyl sites for hydroxylation is 2. The van der Waals surface area contributed by atoms with Gasteiger partial charge in [0.2, 0.25) is 0 Å². The van der Waals surface area contributed by atoms with E-state index in [1.54, 1.807) is 5.01 Å². The Morgan fingerprint density at radius 2 is 2.41 bits per heavy atom. The Morgan fingerprint density at radius 3 is 3.06 bits per heavy atom. The third kappa shape index (κ3) is 3.21. The molecule has 7 nitrogen and oxygen atoms in total. The number of nitrogens with two attached hydrogens (primary N) is 1. The van der Waals surface area contributed by atoms with Crippen LogP contribution in [0.5, 0.6) is 0 Å². The SMILES string of the molecule is CCc1cc(N(N)CCCc2nn[nH]n2)sn1. The number of hydrogen-bond acceptors (Lipinski definition) is 7.